The van der Waals surface area contributed by atoms with Gasteiger partial charge in [0.1, 0.15) is 0 Å². The van der Waals surface area contributed by atoms with E-state index in [1.54, 1.807) is 0 Å². The Kier molecular flexibility index (Phi) is 10.9. The number of carbonyl (C=O) groups excluding carboxylic acids is 1. The van der Waals surface area contributed by atoms with Gasteiger partial charge in [-0.25, -0.2) is 0 Å². The van der Waals surface area contributed by atoms with Gasteiger partial charge in [0, 0.05) is 26.1 Å². The molecular weight excluding hydrogens is 276 g/mol. The first kappa shape index (κ1) is 20.9. The van der Waals surface area contributed by atoms with Gasteiger partial charge in [0.05, 0.1) is 6.10 Å². The normalized spacial score (nSPS) is 15.8. The van der Waals surface area contributed by atoms with Gasteiger partial charge in [-0.1, -0.05) is 31.6 Å². The molecule has 0 saturated heterocycles. The fraction of sp³-hybridized carbons (Fsp3) is 0.722. The molecule has 128 valence electrons. The zero-order valence-electron chi connectivity index (χ0n) is 15.1. The maximum Gasteiger partial charge on any atom is 0.216 e. The van der Waals surface area contributed by atoms with E-state index in [2.05, 4.69) is 50.1 Å². The highest BCUT2D eigenvalue weighted by atomic mass is 16.3. The molecule has 2 atom stereocenters. The van der Waals surface area contributed by atoms with E-state index in [4.69, 9.17) is 0 Å². The van der Waals surface area contributed by atoms with Gasteiger partial charge in [0.25, 0.3) is 0 Å². The predicted octanol–water partition coefficient (Wildman–Crippen LogP) is 2.89. The lowest BCUT2D eigenvalue weighted by atomic mass is 9.99. The molecule has 0 bridgehead atoms. The molecule has 0 aliphatic heterocycles. The number of allylic oxidation sites excluding steroid dienone is 3. The van der Waals surface area contributed by atoms with Gasteiger partial charge in [-0.3, -0.25) is 4.79 Å². The number of hydrogen-bond donors (Lipinski definition) is 2. The van der Waals surface area contributed by atoms with Crippen molar-refractivity contribution in [2.45, 2.75) is 66.0 Å². The highest BCUT2D eigenvalue weighted by molar-refractivity contribution is 5.72. The molecule has 0 rings (SSSR count). The number of rotatable bonds is 10. The van der Waals surface area contributed by atoms with Gasteiger partial charge < -0.3 is 15.3 Å². The van der Waals surface area contributed by atoms with Crippen LogP contribution in [0, 0.1) is 0 Å². The number of hydrogen-bond acceptors (Lipinski definition) is 3. The van der Waals surface area contributed by atoms with E-state index in [-0.39, 0.29) is 5.91 Å². The lowest BCUT2D eigenvalue weighted by Crippen LogP contribution is -2.41. The van der Waals surface area contributed by atoms with Crippen LogP contribution >= 0.6 is 0 Å². The van der Waals surface area contributed by atoms with E-state index in [1.165, 1.54) is 18.1 Å². The topological polar surface area (TPSA) is 52.6 Å². The number of carbonyl (C=O) groups is 1. The van der Waals surface area contributed by atoms with E-state index >= 15 is 0 Å². The number of aliphatic hydroxyl groups is 1. The summed E-state index contributed by atoms with van der Waals surface area (Å²) in [5, 5.41) is 12.6. The lowest BCUT2D eigenvalue weighted by Gasteiger charge is -2.28. The maximum absolute atomic E-state index is 10.9. The minimum Gasteiger partial charge on any atom is -0.390 e. The van der Waals surface area contributed by atoms with Crippen LogP contribution in [-0.4, -0.2) is 48.2 Å². The largest absolute Gasteiger partial charge is 0.390 e. The molecule has 1 amide bonds. The van der Waals surface area contributed by atoms with Crippen LogP contribution in [-0.2, 0) is 4.79 Å². The van der Waals surface area contributed by atoms with Crippen molar-refractivity contribution < 1.29 is 9.90 Å². The summed E-state index contributed by atoms with van der Waals surface area (Å²) < 4.78 is 0. The number of nitrogens with one attached hydrogen (secondary N) is 1. The second kappa shape index (κ2) is 11.4. The Bertz CT molecular complexity index is 389. The molecule has 0 aromatic rings. The van der Waals surface area contributed by atoms with Crippen molar-refractivity contribution in [1.82, 2.24) is 10.2 Å². The van der Waals surface area contributed by atoms with Gasteiger partial charge in [-0.2, -0.15) is 0 Å². The summed E-state index contributed by atoms with van der Waals surface area (Å²) in [4.78, 5) is 13.0. The van der Waals surface area contributed by atoms with Gasteiger partial charge in [0.15, 0.2) is 0 Å². The predicted molar refractivity (Wildman–Crippen MR) is 93.8 cm³/mol. The molecule has 0 fully saturated rings. The number of likely N-dealkylation sites (N-methyl/N-ethyl adjacent to an activating group) is 1. The van der Waals surface area contributed by atoms with Crippen molar-refractivity contribution in [3.8, 4) is 0 Å². The molecule has 0 aromatic heterocycles. The van der Waals surface area contributed by atoms with E-state index in [1.807, 2.05) is 7.05 Å². The minimum absolute atomic E-state index is 0.108. The van der Waals surface area contributed by atoms with Crippen molar-refractivity contribution in [2.24, 2.45) is 0 Å². The van der Waals surface area contributed by atoms with Crippen molar-refractivity contribution in [3.63, 3.8) is 0 Å². The molecular formula is C18H34N2O2. The van der Waals surface area contributed by atoms with Crippen LogP contribution in [0.15, 0.2) is 23.3 Å². The lowest BCUT2D eigenvalue weighted by molar-refractivity contribution is -0.119. The summed E-state index contributed by atoms with van der Waals surface area (Å²) in [6.07, 6.45) is 6.97. The fourth-order valence-electron chi connectivity index (χ4n) is 2.18. The zero-order valence-corrected chi connectivity index (χ0v) is 15.1. The van der Waals surface area contributed by atoms with Crippen LogP contribution in [0.25, 0.3) is 0 Å². The Morgan fingerprint density at radius 1 is 1.32 bits per heavy atom. The Morgan fingerprint density at radius 3 is 2.45 bits per heavy atom. The molecule has 2 N–H and O–H groups in total. The third-order valence-corrected chi connectivity index (χ3v) is 3.99. The van der Waals surface area contributed by atoms with Crippen molar-refractivity contribution >= 4 is 5.91 Å². The molecule has 0 spiro atoms. The number of nitrogens with zero attached hydrogens (tertiary/aromatic N) is 1. The fourth-order valence-corrected chi connectivity index (χ4v) is 2.18. The van der Waals surface area contributed by atoms with Gasteiger partial charge in [-0.05, 0) is 45.7 Å². The molecule has 0 aliphatic carbocycles. The summed E-state index contributed by atoms with van der Waals surface area (Å²) in [6, 6.07) is 0.338. The van der Waals surface area contributed by atoms with Crippen LogP contribution in [0.5, 0.6) is 0 Å². The number of amides is 1. The second-order valence-corrected chi connectivity index (χ2v) is 6.05. The first-order chi connectivity index (χ1) is 10.3. The van der Waals surface area contributed by atoms with E-state index < -0.39 is 6.10 Å². The smallest absolute Gasteiger partial charge is 0.216 e. The van der Waals surface area contributed by atoms with Crippen LogP contribution in [0.2, 0.25) is 0 Å². The van der Waals surface area contributed by atoms with Crippen LogP contribution in [0.1, 0.15) is 53.9 Å². The Morgan fingerprint density at radius 2 is 1.95 bits per heavy atom. The molecule has 0 heterocycles. The highest BCUT2D eigenvalue weighted by Gasteiger charge is 2.15. The minimum atomic E-state index is -0.540. The van der Waals surface area contributed by atoms with E-state index in [0.717, 1.165) is 19.3 Å². The van der Waals surface area contributed by atoms with E-state index in [9.17, 15) is 9.90 Å². The second-order valence-electron chi connectivity index (χ2n) is 6.05. The van der Waals surface area contributed by atoms with Crippen LogP contribution < -0.4 is 5.32 Å². The summed E-state index contributed by atoms with van der Waals surface area (Å²) >= 11 is 0. The molecule has 0 saturated carbocycles. The zero-order chi connectivity index (χ0) is 17.1. The third-order valence-electron chi connectivity index (χ3n) is 3.99. The van der Waals surface area contributed by atoms with Gasteiger partial charge in [0.2, 0.25) is 5.91 Å². The average molecular weight is 310 g/mol. The SMILES string of the molecule is CC/C=C\C(CC(C)N(C)CC(O)CNC(C)=O)=C(\C)CC. The highest BCUT2D eigenvalue weighted by Crippen LogP contribution is 2.18. The Hall–Kier alpha value is -1.13. The summed E-state index contributed by atoms with van der Waals surface area (Å²) in [5.74, 6) is -0.108. The molecule has 0 radical (unpaired) electrons. The van der Waals surface area contributed by atoms with Crippen molar-refractivity contribution in [3.05, 3.63) is 23.3 Å². The monoisotopic (exact) mass is 310 g/mol. The summed E-state index contributed by atoms with van der Waals surface area (Å²) in [6.45, 7) is 11.0. The van der Waals surface area contributed by atoms with Crippen LogP contribution in [0.3, 0.4) is 0 Å². The molecule has 2 unspecified atom stereocenters. The van der Waals surface area contributed by atoms with E-state index in [0.29, 0.717) is 19.1 Å². The molecule has 0 aromatic carbocycles. The molecule has 22 heavy (non-hydrogen) atoms. The number of aliphatic hydroxyl groups excluding tert-OH is 1. The first-order valence-electron chi connectivity index (χ1n) is 8.29. The van der Waals surface area contributed by atoms with Crippen molar-refractivity contribution in [2.75, 3.05) is 20.1 Å². The molecule has 4 nitrogen and oxygen atoms in total. The molecule has 4 heteroatoms. The van der Waals surface area contributed by atoms with Gasteiger partial charge >= 0.3 is 0 Å². The Labute approximate surface area is 136 Å². The summed E-state index contributed by atoms with van der Waals surface area (Å²) in [5.41, 5.74) is 2.81. The van der Waals surface area contributed by atoms with Gasteiger partial charge in [-0.15, -0.1) is 0 Å². The van der Waals surface area contributed by atoms with Crippen molar-refractivity contribution in [1.29, 1.82) is 0 Å². The maximum atomic E-state index is 10.9. The standard InChI is InChI=1S/C18H34N2O2/c1-7-9-10-17(14(3)8-2)11-15(4)20(6)13-18(22)12-19-16(5)21/h9-10,15,18,22H,7-8,11-13H2,1-6H3,(H,19,21)/b10-9-,17-14+. The average Bonchev–Trinajstić information content (AvgIpc) is 2.48. The van der Waals surface area contributed by atoms with Crippen LogP contribution in [0.4, 0.5) is 0 Å². The summed E-state index contributed by atoms with van der Waals surface area (Å²) in [7, 11) is 2.02. The first-order valence-corrected chi connectivity index (χ1v) is 8.29. The molecule has 0 aliphatic rings. The quantitative estimate of drug-likeness (QED) is 0.610. The third kappa shape index (κ3) is 9.00. The Balaban J connectivity index is 4.56.